The standard InChI is InChI=1S/C26H27N7O6S/c1-4-39-21-10-5-7-17(28-21)25-30-24-26(33(25)23-18(34)8-6-9-19(23)38-3)29-20(14-27-24)31-40(36,37)15-16-11-12-32(2)22(35)13-16/h6,8-10,14,16,34H,4,11-13,15H2,1-3H3,(H,29,31)/t16-/m1/s1. The predicted octanol–water partition coefficient (Wildman–Crippen LogP) is 2.24. The van der Waals surface area contributed by atoms with Gasteiger partial charge in [0.15, 0.2) is 28.6 Å². The van der Waals surface area contributed by atoms with Crippen molar-refractivity contribution in [3.8, 4) is 17.2 Å². The number of amides is 1. The van der Waals surface area contributed by atoms with E-state index < -0.39 is 10.0 Å². The largest absolute Gasteiger partial charge is 0.506 e. The number of hydrogen-bond acceptors (Lipinski definition) is 10. The van der Waals surface area contributed by atoms with Crippen molar-refractivity contribution in [1.29, 1.82) is 0 Å². The number of benzene rings is 1. The van der Waals surface area contributed by atoms with E-state index in [4.69, 9.17) is 9.47 Å². The van der Waals surface area contributed by atoms with Crippen LogP contribution in [0.4, 0.5) is 5.82 Å². The fraction of sp³-hybridized carbons (Fsp3) is 0.346. The fourth-order valence-electron chi connectivity index (χ4n) is 4.50. The summed E-state index contributed by atoms with van der Waals surface area (Å²) in [6.07, 6.45) is 3.52. The fourth-order valence-corrected chi connectivity index (χ4v) is 5.90. The lowest BCUT2D eigenvalue weighted by Gasteiger charge is -2.28. The van der Waals surface area contributed by atoms with E-state index in [1.165, 1.54) is 30.0 Å². The molecule has 1 aromatic carbocycles. The van der Waals surface area contributed by atoms with Gasteiger partial charge >= 0.3 is 0 Å². The Balaban J connectivity index is 1.59. The quantitative estimate of drug-likeness (QED) is 0.390. The molecule has 13 nitrogen and oxygen atoms in total. The average Bonchev–Trinajstić information content (AvgIpc) is 3.29. The summed E-state index contributed by atoms with van der Waals surface area (Å²) in [5, 5.41) is 10.9. The van der Waals surface area contributed by atoms with Gasteiger partial charge in [-0.1, -0.05) is 11.8 Å². The van der Waals surface area contributed by atoms with E-state index in [0.717, 1.165) is 0 Å². The molecule has 1 amide bonds. The molecular weight excluding hydrogens is 538 g/mol. The van der Waals surface area contributed by atoms with Crippen molar-refractivity contribution in [2.45, 2.75) is 19.8 Å². The van der Waals surface area contributed by atoms with Crippen LogP contribution in [0.2, 0.25) is 0 Å². The van der Waals surface area contributed by atoms with Crippen LogP contribution < -0.4 is 9.46 Å². The van der Waals surface area contributed by atoms with Gasteiger partial charge in [0.05, 0.1) is 31.7 Å². The summed E-state index contributed by atoms with van der Waals surface area (Å²) in [6, 6.07) is 4.73. The van der Waals surface area contributed by atoms with Gasteiger partial charge in [0.1, 0.15) is 17.2 Å². The number of methoxy groups -OCH3 is 1. The molecule has 2 aromatic heterocycles. The van der Waals surface area contributed by atoms with Crippen molar-refractivity contribution in [1.82, 2.24) is 24.4 Å². The molecule has 2 N–H and O–H groups in total. The molecule has 4 heterocycles. The highest BCUT2D eigenvalue weighted by molar-refractivity contribution is 7.92. The van der Waals surface area contributed by atoms with E-state index >= 15 is 0 Å². The summed E-state index contributed by atoms with van der Waals surface area (Å²) in [4.78, 5) is 31.5. The van der Waals surface area contributed by atoms with Crippen LogP contribution in [-0.4, -0.2) is 82.8 Å². The highest BCUT2D eigenvalue weighted by Crippen LogP contribution is 2.36. The van der Waals surface area contributed by atoms with Crippen LogP contribution in [0.15, 0.2) is 46.9 Å². The number of likely N-dealkylation sites (tertiary alicyclic amines) is 1. The highest BCUT2D eigenvalue weighted by Gasteiger charge is 2.29. The zero-order valence-corrected chi connectivity index (χ0v) is 22.9. The second kappa shape index (κ2) is 10.9. The van der Waals surface area contributed by atoms with E-state index in [1.807, 2.05) is 6.92 Å². The molecule has 0 bridgehead atoms. The van der Waals surface area contributed by atoms with Crippen LogP contribution in [-0.2, 0) is 19.6 Å². The molecule has 1 atom stereocenters. The molecule has 5 rings (SSSR count). The first-order valence-corrected chi connectivity index (χ1v) is 14.1. The monoisotopic (exact) mass is 565 g/mol. The van der Waals surface area contributed by atoms with Gasteiger partial charge in [-0.2, -0.15) is 0 Å². The topological polar surface area (TPSA) is 161 Å². The van der Waals surface area contributed by atoms with E-state index in [-0.39, 0.29) is 64.1 Å². The first-order valence-electron chi connectivity index (χ1n) is 12.5. The molecule has 3 aromatic rings. The number of hydrogen-bond donors (Lipinski definition) is 2. The highest BCUT2D eigenvalue weighted by atomic mass is 32.2. The van der Waals surface area contributed by atoms with Gasteiger partial charge in [-0.05, 0) is 37.1 Å². The molecule has 0 saturated carbocycles. The number of anilines is 1. The third-order valence-corrected chi connectivity index (χ3v) is 7.81. The number of ether oxygens (including phenoxy) is 2. The summed E-state index contributed by atoms with van der Waals surface area (Å²) >= 11 is 0. The lowest BCUT2D eigenvalue weighted by atomic mass is 9.99. The van der Waals surface area contributed by atoms with Crippen molar-refractivity contribution in [3.05, 3.63) is 47.8 Å². The number of phenols is 1. The molecule has 0 unspecified atom stereocenters. The van der Waals surface area contributed by atoms with Crippen molar-refractivity contribution in [2.75, 3.05) is 37.8 Å². The number of carbonyl (C=O) groups is 1. The minimum absolute atomic E-state index is 0.0552. The number of phenolic OH excluding ortho intramolecular Hbond substituents is 1. The lowest BCUT2D eigenvalue weighted by molar-refractivity contribution is -0.133. The zero-order chi connectivity index (χ0) is 28.4. The zero-order valence-electron chi connectivity index (χ0n) is 22.1. The number of piperidine rings is 1. The number of fused-ring (bicyclic) bond motifs is 1. The number of aromatic hydroxyl groups is 1. The summed E-state index contributed by atoms with van der Waals surface area (Å²) in [6.45, 7) is 2.70. The van der Waals surface area contributed by atoms with Gasteiger partial charge in [-0.25, -0.2) is 28.4 Å². The average molecular weight is 566 g/mol. The molecule has 14 heteroatoms. The minimum Gasteiger partial charge on any atom is -0.506 e. The number of para-hydroxylation sites is 1. The second-order valence-electron chi connectivity index (χ2n) is 9.20. The van der Waals surface area contributed by atoms with Crippen LogP contribution in [0.1, 0.15) is 25.6 Å². The Morgan fingerprint density at radius 1 is 1.27 bits per heavy atom. The summed E-state index contributed by atoms with van der Waals surface area (Å²) in [5.41, 5.74) is 6.44. The van der Waals surface area contributed by atoms with Gasteiger partial charge in [0.25, 0.3) is 0 Å². The van der Waals surface area contributed by atoms with Crippen molar-refractivity contribution in [3.63, 3.8) is 0 Å². The molecule has 1 saturated heterocycles. The molecule has 0 spiro atoms. The van der Waals surface area contributed by atoms with Gasteiger partial charge in [0.2, 0.25) is 21.8 Å². The van der Waals surface area contributed by atoms with Crippen LogP contribution in [0.25, 0.3) is 22.7 Å². The van der Waals surface area contributed by atoms with Gasteiger partial charge in [0, 0.05) is 20.0 Å². The van der Waals surface area contributed by atoms with Crippen LogP contribution in [0.3, 0.4) is 0 Å². The summed E-state index contributed by atoms with van der Waals surface area (Å²) in [5.74, 6) is -0.0513. The number of rotatable bonds is 8. The lowest BCUT2D eigenvalue weighted by Crippen LogP contribution is -2.38. The number of nitrogens with one attached hydrogen (secondary N) is 1. The van der Waals surface area contributed by atoms with Gasteiger partial charge in [-0.15, -0.1) is 0 Å². The number of carbonyl (C=O) groups excluding carboxylic acids is 1. The maximum Gasteiger partial charge on any atom is 0.234 e. The smallest absolute Gasteiger partial charge is 0.234 e. The number of nitrogens with zero attached hydrogens (tertiary/aromatic N) is 6. The number of sulfonamides is 1. The Labute approximate surface area is 230 Å². The number of imidazole rings is 1. The van der Waals surface area contributed by atoms with Gasteiger partial charge < -0.3 is 19.5 Å². The first-order chi connectivity index (χ1) is 19.2. The molecule has 0 radical (unpaired) electrons. The van der Waals surface area contributed by atoms with Crippen molar-refractivity contribution in [2.24, 2.45) is 10.9 Å². The Morgan fingerprint density at radius 3 is 2.85 bits per heavy atom. The molecule has 1 fully saturated rings. The number of aliphatic imine (C=N–C) groups is 1. The Kier molecular flexibility index (Phi) is 7.31. The molecule has 0 aliphatic carbocycles. The second-order valence-corrected chi connectivity index (χ2v) is 11.0. The van der Waals surface area contributed by atoms with E-state index in [1.54, 1.807) is 24.1 Å². The Morgan fingerprint density at radius 2 is 2.10 bits per heavy atom. The van der Waals surface area contributed by atoms with E-state index in [0.29, 0.717) is 31.2 Å². The SMILES string of the molecule is CCOC1=NC(c2nc3ncc(NS(=O)(=O)C[C@@H]4CCN(C)C(=O)C4)nc3n2-c2c(O)cccc2OC)=C=C=C1. The number of aromatic nitrogens is 4. The van der Waals surface area contributed by atoms with Crippen LogP contribution >= 0.6 is 0 Å². The third kappa shape index (κ3) is 5.41. The van der Waals surface area contributed by atoms with Crippen LogP contribution in [0.5, 0.6) is 11.5 Å². The normalized spacial score (nSPS) is 17.1. The van der Waals surface area contributed by atoms with E-state index in [2.05, 4.69) is 36.1 Å². The third-order valence-electron chi connectivity index (χ3n) is 6.38. The van der Waals surface area contributed by atoms with Gasteiger partial charge in [-0.3, -0.25) is 14.1 Å². The van der Waals surface area contributed by atoms with Crippen LogP contribution in [0, 0.1) is 5.92 Å². The Hall–Kier alpha value is -4.64. The maximum atomic E-state index is 13.0. The van der Waals surface area contributed by atoms with E-state index in [9.17, 15) is 18.3 Å². The summed E-state index contributed by atoms with van der Waals surface area (Å²) < 4.78 is 41.0. The first kappa shape index (κ1) is 26.9. The summed E-state index contributed by atoms with van der Waals surface area (Å²) in [7, 11) is -0.718. The Bertz CT molecular complexity index is 1730. The molecule has 40 heavy (non-hydrogen) atoms. The molecule has 208 valence electrons. The molecule has 2 aliphatic rings. The van der Waals surface area contributed by atoms with Crippen molar-refractivity contribution < 1.29 is 27.8 Å². The molecular formula is C26H27N7O6S. The van der Waals surface area contributed by atoms with Crippen molar-refractivity contribution >= 4 is 44.6 Å². The predicted molar refractivity (Wildman–Crippen MR) is 147 cm³/mol. The maximum absolute atomic E-state index is 13.0. The minimum atomic E-state index is -3.87. The molecule has 2 aliphatic heterocycles.